The molecule has 8 heteroatoms. The van der Waals surface area contributed by atoms with Gasteiger partial charge in [-0.15, -0.1) is 11.3 Å². The van der Waals surface area contributed by atoms with Crippen molar-refractivity contribution < 1.29 is 12.8 Å². The summed E-state index contributed by atoms with van der Waals surface area (Å²) in [4.78, 5) is 5.55. The molecule has 2 N–H and O–H groups in total. The number of hydrogen-bond donors (Lipinski definition) is 1. The Morgan fingerprint density at radius 3 is 2.03 bits per heavy atom. The molecule has 0 aliphatic rings. The zero-order valence-electron chi connectivity index (χ0n) is 19.1. The van der Waals surface area contributed by atoms with Gasteiger partial charge in [0.15, 0.2) is 4.80 Å². The summed E-state index contributed by atoms with van der Waals surface area (Å²) in [5.41, 5.74) is 5.79. The molecule has 36 heavy (non-hydrogen) atoms. The zero-order chi connectivity index (χ0) is 25.1. The van der Waals surface area contributed by atoms with E-state index in [9.17, 15) is 12.8 Å². The van der Waals surface area contributed by atoms with Crippen LogP contribution in [0, 0.1) is 5.82 Å². The number of nitrogens with two attached hydrogens (primary N) is 1. The summed E-state index contributed by atoms with van der Waals surface area (Å²) in [6.45, 7) is 0.462. The monoisotopic (exact) mass is 515 g/mol. The Labute approximate surface area is 212 Å². The SMILES string of the molecule is NS(=O)(=O)c1ccc(Cn2c(-c3ccc(-c4ccccc4)cc3)csc2=Nc2ccc(F)cc2)cc1. The number of hydrogen-bond acceptors (Lipinski definition) is 4. The van der Waals surface area contributed by atoms with Gasteiger partial charge in [-0.3, -0.25) is 0 Å². The third-order valence-electron chi connectivity index (χ3n) is 5.73. The molecule has 0 unspecified atom stereocenters. The maximum Gasteiger partial charge on any atom is 0.238 e. The zero-order valence-corrected chi connectivity index (χ0v) is 20.7. The smallest absolute Gasteiger partial charge is 0.238 e. The number of thiazole rings is 1. The second-order valence-electron chi connectivity index (χ2n) is 8.21. The Kier molecular flexibility index (Phi) is 6.65. The van der Waals surface area contributed by atoms with Gasteiger partial charge < -0.3 is 4.57 Å². The predicted octanol–water partition coefficient (Wildman–Crippen LogP) is 5.95. The summed E-state index contributed by atoms with van der Waals surface area (Å²) in [7, 11) is -3.77. The lowest BCUT2D eigenvalue weighted by molar-refractivity contribution is 0.597. The Balaban J connectivity index is 1.56. The summed E-state index contributed by atoms with van der Waals surface area (Å²) < 4.78 is 38.7. The van der Waals surface area contributed by atoms with Crippen molar-refractivity contribution in [1.82, 2.24) is 4.57 Å². The lowest BCUT2D eigenvalue weighted by Crippen LogP contribution is -2.17. The van der Waals surface area contributed by atoms with Crippen molar-refractivity contribution >= 4 is 27.0 Å². The van der Waals surface area contributed by atoms with Crippen LogP contribution >= 0.6 is 11.3 Å². The lowest BCUT2D eigenvalue weighted by Gasteiger charge is -2.11. The highest BCUT2D eigenvalue weighted by atomic mass is 32.2. The molecule has 0 bridgehead atoms. The van der Waals surface area contributed by atoms with Crippen LogP contribution in [0.1, 0.15) is 5.56 Å². The Morgan fingerprint density at radius 2 is 1.39 bits per heavy atom. The second kappa shape index (κ2) is 10.0. The van der Waals surface area contributed by atoms with Crippen molar-refractivity contribution in [2.24, 2.45) is 10.1 Å². The molecule has 0 aliphatic heterocycles. The number of aromatic nitrogens is 1. The van der Waals surface area contributed by atoms with Gasteiger partial charge >= 0.3 is 0 Å². The van der Waals surface area contributed by atoms with E-state index >= 15 is 0 Å². The quantitative estimate of drug-likeness (QED) is 0.303. The van der Waals surface area contributed by atoms with Gasteiger partial charge in [-0.2, -0.15) is 0 Å². The number of rotatable bonds is 6. The van der Waals surface area contributed by atoms with E-state index < -0.39 is 10.0 Å². The van der Waals surface area contributed by atoms with Crippen LogP contribution in [-0.4, -0.2) is 13.0 Å². The van der Waals surface area contributed by atoms with E-state index in [1.165, 1.54) is 35.6 Å². The van der Waals surface area contributed by atoms with Crippen LogP contribution in [0.5, 0.6) is 0 Å². The maximum atomic E-state index is 13.4. The van der Waals surface area contributed by atoms with Crippen molar-refractivity contribution in [2.75, 3.05) is 0 Å². The van der Waals surface area contributed by atoms with Gasteiger partial charge in [0.05, 0.1) is 22.8 Å². The molecule has 0 spiro atoms. The fourth-order valence-electron chi connectivity index (χ4n) is 3.86. The third kappa shape index (κ3) is 5.36. The first kappa shape index (κ1) is 23.9. The van der Waals surface area contributed by atoms with Gasteiger partial charge in [0.2, 0.25) is 10.0 Å². The highest BCUT2D eigenvalue weighted by Gasteiger charge is 2.12. The molecule has 0 radical (unpaired) electrons. The fourth-order valence-corrected chi connectivity index (χ4v) is 5.30. The molecule has 0 fully saturated rings. The highest BCUT2D eigenvalue weighted by Crippen LogP contribution is 2.26. The van der Waals surface area contributed by atoms with Crippen molar-refractivity contribution in [3.8, 4) is 22.4 Å². The van der Waals surface area contributed by atoms with Gasteiger partial charge in [0.1, 0.15) is 5.82 Å². The van der Waals surface area contributed by atoms with Gasteiger partial charge in [0, 0.05) is 5.38 Å². The molecular formula is C28H22FN3O2S2. The van der Waals surface area contributed by atoms with Crippen LogP contribution < -0.4 is 9.94 Å². The molecule has 4 aromatic carbocycles. The first-order valence-electron chi connectivity index (χ1n) is 11.1. The van der Waals surface area contributed by atoms with Crippen molar-refractivity contribution in [3.05, 3.63) is 125 Å². The molecule has 0 aliphatic carbocycles. The molecule has 0 saturated heterocycles. The topological polar surface area (TPSA) is 77.5 Å². The Hall–Kier alpha value is -3.85. The minimum Gasteiger partial charge on any atom is -0.312 e. The molecule has 0 amide bonds. The number of benzene rings is 4. The van der Waals surface area contributed by atoms with Crippen molar-refractivity contribution in [2.45, 2.75) is 11.4 Å². The van der Waals surface area contributed by atoms with Crippen LogP contribution in [0.3, 0.4) is 0 Å². The van der Waals surface area contributed by atoms with Crippen molar-refractivity contribution in [3.63, 3.8) is 0 Å². The normalized spacial score (nSPS) is 12.1. The van der Waals surface area contributed by atoms with Crippen LogP contribution in [0.4, 0.5) is 10.1 Å². The molecule has 1 aromatic heterocycles. The van der Waals surface area contributed by atoms with E-state index in [4.69, 9.17) is 10.1 Å². The number of nitrogens with zero attached hydrogens (tertiary/aromatic N) is 2. The molecule has 0 atom stereocenters. The van der Waals surface area contributed by atoms with Crippen LogP contribution in [0.15, 0.2) is 118 Å². The third-order valence-corrected chi connectivity index (χ3v) is 7.52. The summed E-state index contributed by atoms with van der Waals surface area (Å²) in [6, 6.07) is 31.0. The lowest BCUT2D eigenvalue weighted by atomic mass is 10.0. The standard InChI is InChI=1S/C28H22FN3O2S2/c29-24-12-14-25(15-13-24)31-28-32(18-20-6-16-26(17-7-20)36(30,33)34)27(19-35-28)23-10-8-22(9-11-23)21-4-2-1-3-5-21/h1-17,19H,18H2,(H2,30,33,34). The number of primary sulfonamides is 1. The predicted molar refractivity (Wildman–Crippen MR) is 142 cm³/mol. The summed E-state index contributed by atoms with van der Waals surface area (Å²) in [5.74, 6) is -0.317. The van der Waals surface area contributed by atoms with Gasteiger partial charge in [0.25, 0.3) is 0 Å². The molecular weight excluding hydrogens is 493 g/mol. The van der Waals surface area contributed by atoms with Gasteiger partial charge in [-0.1, -0.05) is 66.7 Å². The molecule has 1 heterocycles. The molecule has 5 nitrogen and oxygen atoms in total. The summed E-state index contributed by atoms with van der Waals surface area (Å²) in [5, 5.41) is 7.29. The maximum absolute atomic E-state index is 13.4. The minimum absolute atomic E-state index is 0.0644. The number of halogens is 1. The molecule has 180 valence electrons. The molecule has 5 rings (SSSR count). The van der Waals surface area contributed by atoms with Crippen LogP contribution in [0.25, 0.3) is 22.4 Å². The fraction of sp³-hybridized carbons (Fsp3) is 0.0357. The van der Waals surface area contributed by atoms with Crippen LogP contribution in [-0.2, 0) is 16.6 Å². The Bertz CT molecular complexity index is 1660. The first-order chi connectivity index (χ1) is 17.4. The van der Waals surface area contributed by atoms with E-state index in [2.05, 4.69) is 41.0 Å². The van der Waals surface area contributed by atoms with E-state index in [1.54, 1.807) is 24.3 Å². The van der Waals surface area contributed by atoms with Gasteiger partial charge in [-0.25, -0.2) is 22.9 Å². The van der Waals surface area contributed by atoms with Crippen molar-refractivity contribution in [1.29, 1.82) is 0 Å². The number of sulfonamides is 1. The first-order valence-corrected chi connectivity index (χ1v) is 13.6. The molecule has 5 aromatic rings. The Morgan fingerprint density at radius 1 is 0.778 bits per heavy atom. The van der Waals surface area contributed by atoms with E-state index in [-0.39, 0.29) is 10.7 Å². The average molecular weight is 516 g/mol. The average Bonchev–Trinajstić information content (AvgIpc) is 3.27. The largest absolute Gasteiger partial charge is 0.312 e. The van der Waals surface area contributed by atoms with E-state index in [0.29, 0.717) is 12.2 Å². The van der Waals surface area contributed by atoms with Crippen LogP contribution in [0.2, 0.25) is 0 Å². The summed E-state index contributed by atoms with van der Waals surface area (Å²) in [6.07, 6.45) is 0. The van der Waals surface area contributed by atoms with E-state index in [0.717, 1.165) is 32.7 Å². The van der Waals surface area contributed by atoms with E-state index in [1.807, 2.05) is 23.6 Å². The minimum atomic E-state index is -3.77. The van der Waals surface area contributed by atoms with Gasteiger partial charge in [-0.05, 0) is 58.7 Å². The molecule has 0 saturated carbocycles. The summed E-state index contributed by atoms with van der Waals surface area (Å²) >= 11 is 1.48. The second-order valence-corrected chi connectivity index (χ2v) is 10.6. The highest BCUT2D eigenvalue weighted by molar-refractivity contribution is 7.89.